The van der Waals surface area contributed by atoms with Crippen molar-refractivity contribution < 1.29 is 8.42 Å². The zero-order valence-corrected chi connectivity index (χ0v) is 17.7. The summed E-state index contributed by atoms with van der Waals surface area (Å²) in [6.07, 6.45) is 1.46. The minimum absolute atomic E-state index is 0.300. The summed E-state index contributed by atoms with van der Waals surface area (Å²) in [6, 6.07) is 22.3. The van der Waals surface area contributed by atoms with Crippen molar-refractivity contribution >= 4 is 33.0 Å². The molecule has 0 aliphatic carbocycles. The normalized spacial score (nSPS) is 17.5. The Balaban J connectivity index is 1.58. The van der Waals surface area contributed by atoms with Gasteiger partial charge in [0.2, 0.25) is 10.0 Å². The van der Waals surface area contributed by atoms with Gasteiger partial charge in [0, 0.05) is 12.2 Å². The van der Waals surface area contributed by atoms with E-state index in [2.05, 4.69) is 10.2 Å². The van der Waals surface area contributed by atoms with Crippen LogP contribution in [0.4, 0.5) is 0 Å². The molecule has 152 valence electrons. The standard InChI is InChI=1S/C22H20N4O2S2/c27-30(28,19-13-12-16-7-4-5-8-17(16)15-19)25-14-6-11-20(25)21-23-24-22(29)26(21)18-9-2-1-3-10-18/h1-5,7-10,12-13,15,20H,6,11,14H2,(H,24,29)/t20-/m1/s1. The Kier molecular flexibility index (Phi) is 4.77. The smallest absolute Gasteiger partial charge is 0.243 e. The van der Waals surface area contributed by atoms with Crippen molar-refractivity contribution in [1.82, 2.24) is 19.1 Å². The van der Waals surface area contributed by atoms with E-state index in [0.29, 0.717) is 28.5 Å². The van der Waals surface area contributed by atoms with Crippen LogP contribution in [0.2, 0.25) is 0 Å². The van der Waals surface area contributed by atoms with Gasteiger partial charge in [-0.2, -0.15) is 9.40 Å². The maximum absolute atomic E-state index is 13.6. The van der Waals surface area contributed by atoms with Gasteiger partial charge >= 0.3 is 0 Å². The lowest BCUT2D eigenvalue weighted by Gasteiger charge is -2.24. The predicted molar refractivity (Wildman–Crippen MR) is 119 cm³/mol. The van der Waals surface area contributed by atoms with E-state index in [1.54, 1.807) is 16.4 Å². The van der Waals surface area contributed by atoms with Gasteiger partial charge in [-0.05, 0) is 60.1 Å². The fourth-order valence-electron chi connectivity index (χ4n) is 4.11. The predicted octanol–water partition coefficient (Wildman–Crippen LogP) is 4.61. The first-order chi connectivity index (χ1) is 14.6. The summed E-state index contributed by atoms with van der Waals surface area (Å²) in [4.78, 5) is 0.300. The molecule has 2 heterocycles. The lowest BCUT2D eigenvalue weighted by molar-refractivity contribution is 0.379. The first kappa shape index (κ1) is 19.2. The van der Waals surface area contributed by atoms with Crippen molar-refractivity contribution in [2.75, 3.05) is 6.54 Å². The van der Waals surface area contributed by atoms with Gasteiger partial charge in [0.1, 0.15) is 0 Å². The molecule has 30 heavy (non-hydrogen) atoms. The average Bonchev–Trinajstić information content (AvgIpc) is 3.41. The molecular weight excluding hydrogens is 416 g/mol. The van der Waals surface area contributed by atoms with Crippen LogP contribution >= 0.6 is 12.2 Å². The second-order valence-corrected chi connectivity index (χ2v) is 9.62. The van der Waals surface area contributed by atoms with Crippen molar-refractivity contribution in [2.24, 2.45) is 0 Å². The van der Waals surface area contributed by atoms with Gasteiger partial charge in [-0.1, -0.05) is 48.5 Å². The highest BCUT2D eigenvalue weighted by molar-refractivity contribution is 7.89. The number of aromatic nitrogens is 3. The number of hydrogen-bond acceptors (Lipinski definition) is 4. The summed E-state index contributed by atoms with van der Waals surface area (Å²) in [5.74, 6) is 0.619. The summed E-state index contributed by atoms with van der Waals surface area (Å²) in [5, 5.41) is 9.18. The monoisotopic (exact) mass is 436 g/mol. The van der Waals surface area contributed by atoms with E-state index in [0.717, 1.165) is 22.9 Å². The van der Waals surface area contributed by atoms with Crippen molar-refractivity contribution in [3.63, 3.8) is 0 Å². The highest BCUT2D eigenvalue weighted by atomic mass is 32.2. The van der Waals surface area contributed by atoms with Gasteiger partial charge in [0.25, 0.3) is 0 Å². The molecule has 6 nitrogen and oxygen atoms in total. The molecule has 4 aromatic rings. The lowest BCUT2D eigenvalue weighted by Crippen LogP contribution is -2.32. The van der Waals surface area contributed by atoms with E-state index in [1.807, 2.05) is 65.2 Å². The van der Waals surface area contributed by atoms with Gasteiger partial charge in [-0.25, -0.2) is 8.42 Å². The molecule has 1 atom stereocenters. The quantitative estimate of drug-likeness (QED) is 0.474. The van der Waals surface area contributed by atoms with Crippen molar-refractivity contribution in [1.29, 1.82) is 0 Å². The minimum Gasteiger partial charge on any atom is -0.271 e. The molecule has 1 aromatic heterocycles. The van der Waals surface area contributed by atoms with Gasteiger partial charge in [0.05, 0.1) is 10.9 Å². The molecule has 0 spiro atoms. The Morgan fingerprint density at radius 3 is 2.50 bits per heavy atom. The molecule has 0 unspecified atom stereocenters. The summed E-state index contributed by atoms with van der Waals surface area (Å²) < 4.78 is 31.0. The Labute approximate surface area is 179 Å². The molecule has 3 aromatic carbocycles. The average molecular weight is 437 g/mol. The SMILES string of the molecule is O=S(=O)(c1ccc2ccccc2c1)N1CCC[C@@H]1c1n[nH]c(=S)n1-c1ccccc1. The highest BCUT2D eigenvalue weighted by Crippen LogP contribution is 2.37. The summed E-state index contributed by atoms with van der Waals surface area (Å²) in [7, 11) is -3.69. The third-order valence-electron chi connectivity index (χ3n) is 5.54. The van der Waals surface area contributed by atoms with E-state index >= 15 is 0 Å². The summed E-state index contributed by atoms with van der Waals surface area (Å²) in [6.45, 7) is 0.453. The zero-order valence-electron chi connectivity index (χ0n) is 16.1. The van der Waals surface area contributed by atoms with Crippen LogP contribution in [0.15, 0.2) is 77.7 Å². The molecule has 1 aliphatic rings. The molecule has 1 aliphatic heterocycles. The van der Waals surface area contributed by atoms with Crippen LogP contribution in [0.1, 0.15) is 24.7 Å². The maximum Gasteiger partial charge on any atom is 0.243 e. The maximum atomic E-state index is 13.6. The van der Waals surface area contributed by atoms with Crippen LogP contribution in [0, 0.1) is 4.77 Å². The van der Waals surface area contributed by atoms with E-state index in [4.69, 9.17) is 12.2 Å². The third-order valence-corrected chi connectivity index (χ3v) is 7.72. The molecule has 0 radical (unpaired) electrons. The number of sulfonamides is 1. The van der Waals surface area contributed by atoms with Crippen LogP contribution < -0.4 is 0 Å². The largest absolute Gasteiger partial charge is 0.271 e. The topological polar surface area (TPSA) is 71.0 Å². The van der Waals surface area contributed by atoms with E-state index in [9.17, 15) is 8.42 Å². The number of hydrogen-bond donors (Lipinski definition) is 1. The van der Waals surface area contributed by atoms with Crippen LogP contribution in [0.3, 0.4) is 0 Å². The Hall–Kier alpha value is -2.81. The molecule has 1 N–H and O–H groups in total. The number of fused-ring (bicyclic) bond motifs is 1. The van der Waals surface area contributed by atoms with Gasteiger partial charge in [-0.15, -0.1) is 0 Å². The number of aromatic amines is 1. The molecule has 0 bridgehead atoms. The van der Waals surface area contributed by atoms with Crippen molar-refractivity contribution in [3.05, 3.63) is 83.4 Å². The molecule has 0 amide bonds. The van der Waals surface area contributed by atoms with Gasteiger partial charge < -0.3 is 0 Å². The van der Waals surface area contributed by atoms with Crippen LogP contribution in [0.25, 0.3) is 16.5 Å². The van der Waals surface area contributed by atoms with Gasteiger partial charge in [-0.3, -0.25) is 9.67 Å². The minimum atomic E-state index is -3.69. The molecule has 8 heteroatoms. The number of benzene rings is 3. The number of nitrogens with zero attached hydrogens (tertiary/aromatic N) is 3. The van der Waals surface area contributed by atoms with Crippen LogP contribution in [0.5, 0.6) is 0 Å². The second kappa shape index (κ2) is 7.46. The first-order valence-corrected chi connectivity index (χ1v) is 11.6. The highest BCUT2D eigenvalue weighted by Gasteiger charge is 2.39. The van der Waals surface area contributed by atoms with E-state index in [1.165, 1.54) is 0 Å². The lowest BCUT2D eigenvalue weighted by atomic mass is 10.1. The molecule has 0 saturated carbocycles. The van der Waals surface area contributed by atoms with Crippen molar-refractivity contribution in [3.8, 4) is 5.69 Å². The Bertz CT molecular complexity index is 1380. The molecule has 1 saturated heterocycles. The summed E-state index contributed by atoms with van der Waals surface area (Å²) in [5.41, 5.74) is 0.862. The zero-order chi connectivity index (χ0) is 20.7. The fourth-order valence-corrected chi connectivity index (χ4v) is 6.04. The summed E-state index contributed by atoms with van der Waals surface area (Å²) >= 11 is 5.45. The van der Waals surface area contributed by atoms with E-state index < -0.39 is 10.0 Å². The third kappa shape index (κ3) is 3.17. The van der Waals surface area contributed by atoms with E-state index in [-0.39, 0.29) is 6.04 Å². The molecule has 5 rings (SSSR count). The van der Waals surface area contributed by atoms with Gasteiger partial charge in [0.15, 0.2) is 10.6 Å². The number of rotatable bonds is 4. The number of H-pyrrole nitrogens is 1. The number of para-hydroxylation sites is 1. The molecule has 1 fully saturated rings. The first-order valence-electron chi connectivity index (χ1n) is 9.79. The van der Waals surface area contributed by atoms with Crippen molar-refractivity contribution in [2.45, 2.75) is 23.8 Å². The molecular formula is C22H20N4O2S2. The number of nitrogens with one attached hydrogen (secondary N) is 1. The van der Waals surface area contributed by atoms with Crippen LogP contribution in [-0.2, 0) is 10.0 Å². The van der Waals surface area contributed by atoms with Crippen LogP contribution in [-0.4, -0.2) is 34.0 Å². The Morgan fingerprint density at radius 1 is 0.967 bits per heavy atom. The Morgan fingerprint density at radius 2 is 1.70 bits per heavy atom. The second-order valence-electron chi connectivity index (χ2n) is 7.34. The fraction of sp³-hybridized carbons (Fsp3) is 0.182.